The molecular weight excluding hydrogens is 382 g/mol. The minimum atomic E-state index is 0.340. The van der Waals surface area contributed by atoms with Gasteiger partial charge in [0.05, 0.1) is 13.2 Å². The highest BCUT2D eigenvalue weighted by atomic mass is 16.5. The molecule has 0 aliphatic heterocycles. The molecule has 1 aliphatic rings. The molecule has 9 nitrogen and oxygen atoms in total. The van der Waals surface area contributed by atoms with Gasteiger partial charge in [0.15, 0.2) is 0 Å². The number of nitrogens with zero attached hydrogens (tertiary/aromatic N) is 6. The lowest BCUT2D eigenvalue weighted by Gasteiger charge is -2.28. The quantitative estimate of drug-likeness (QED) is 0.525. The van der Waals surface area contributed by atoms with E-state index in [4.69, 9.17) is 9.47 Å². The van der Waals surface area contributed by atoms with E-state index < -0.39 is 0 Å². The van der Waals surface area contributed by atoms with Gasteiger partial charge in [-0.1, -0.05) is 0 Å². The van der Waals surface area contributed by atoms with Crippen LogP contribution in [-0.4, -0.2) is 54.8 Å². The van der Waals surface area contributed by atoms with Crippen molar-refractivity contribution in [2.24, 2.45) is 0 Å². The molecule has 0 saturated heterocycles. The molecule has 1 aliphatic carbocycles. The summed E-state index contributed by atoms with van der Waals surface area (Å²) in [5.74, 6) is 1.77. The van der Waals surface area contributed by atoms with Crippen molar-refractivity contribution in [2.75, 3.05) is 19.0 Å². The molecule has 156 valence electrons. The average Bonchev–Trinajstić information content (AvgIpc) is 3.41. The minimum Gasteiger partial charge on any atom is -0.479 e. The van der Waals surface area contributed by atoms with E-state index in [1.54, 1.807) is 19.5 Å². The number of imidazole rings is 1. The Bertz CT molecular complexity index is 1160. The minimum absolute atomic E-state index is 0.340. The summed E-state index contributed by atoms with van der Waals surface area (Å²) < 4.78 is 15.1. The highest BCUT2D eigenvalue weighted by molar-refractivity contribution is 5.84. The van der Waals surface area contributed by atoms with E-state index in [1.807, 2.05) is 33.6 Å². The van der Waals surface area contributed by atoms with E-state index in [0.29, 0.717) is 29.8 Å². The predicted molar refractivity (Wildman–Crippen MR) is 113 cm³/mol. The molecule has 4 aromatic rings. The van der Waals surface area contributed by atoms with Gasteiger partial charge in [0, 0.05) is 54.8 Å². The van der Waals surface area contributed by atoms with Crippen LogP contribution in [0.3, 0.4) is 0 Å². The van der Waals surface area contributed by atoms with Crippen molar-refractivity contribution in [1.29, 1.82) is 0 Å². The number of aromatic nitrogens is 6. The van der Waals surface area contributed by atoms with Gasteiger partial charge >= 0.3 is 0 Å². The summed E-state index contributed by atoms with van der Waals surface area (Å²) in [7, 11) is 1.63. The molecule has 4 aromatic heterocycles. The maximum Gasteiger partial charge on any atom is 0.244 e. The van der Waals surface area contributed by atoms with Crippen molar-refractivity contribution >= 4 is 17.2 Å². The van der Waals surface area contributed by atoms with E-state index in [1.165, 1.54) is 0 Å². The van der Waals surface area contributed by atoms with Gasteiger partial charge in [0.25, 0.3) is 0 Å². The van der Waals surface area contributed by atoms with E-state index in [9.17, 15) is 0 Å². The van der Waals surface area contributed by atoms with Crippen LogP contribution in [0.4, 0.5) is 5.95 Å². The zero-order chi connectivity index (χ0) is 20.5. The fourth-order valence-electron chi connectivity index (χ4n) is 4.18. The molecule has 30 heavy (non-hydrogen) atoms. The Morgan fingerprint density at radius 2 is 2.03 bits per heavy atom. The molecule has 0 atom stereocenters. The van der Waals surface area contributed by atoms with Crippen LogP contribution in [0.5, 0.6) is 5.88 Å². The normalized spacial score (nSPS) is 19.4. The standard InChI is InChI=1S/C21H25N7O2/c1-3-30-16-6-4-15(5-7-16)24-20-25-19(29-2)18-17(8-10-28(18)26-20)14-12-23-21-22-9-11-27(21)13-14/h8-13,15-16H,3-7H2,1-2H3,(H,24,26). The monoisotopic (exact) mass is 407 g/mol. The molecule has 0 aromatic carbocycles. The third-order valence-corrected chi connectivity index (χ3v) is 5.64. The Kier molecular flexibility index (Phi) is 4.96. The second-order valence-electron chi connectivity index (χ2n) is 7.52. The number of nitrogens with one attached hydrogen (secondary N) is 1. The molecule has 1 N–H and O–H groups in total. The Balaban J connectivity index is 1.43. The smallest absolute Gasteiger partial charge is 0.244 e. The van der Waals surface area contributed by atoms with Crippen LogP contribution in [0.25, 0.3) is 22.4 Å². The van der Waals surface area contributed by atoms with E-state index >= 15 is 0 Å². The molecule has 0 radical (unpaired) electrons. The van der Waals surface area contributed by atoms with Gasteiger partial charge in [-0.2, -0.15) is 4.98 Å². The van der Waals surface area contributed by atoms with Crippen LogP contribution >= 0.6 is 0 Å². The number of anilines is 1. The van der Waals surface area contributed by atoms with Gasteiger partial charge in [-0.15, -0.1) is 5.10 Å². The fourth-order valence-corrected chi connectivity index (χ4v) is 4.18. The third-order valence-electron chi connectivity index (χ3n) is 5.64. The van der Waals surface area contributed by atoms with Gasteiger partial charge < -0.3 is 14.8 Å². The average molecular weight is 407 g/mol. The van der Waals surface area contributed by atoms with E-state index in [0.717, 1.165) is 48.9 Å². The molecule has 0 spiro atoms. The Hall–Kier alpha value is -3.20. The first-order valence-electron chi connectivity index (χ1n) is 10.4. The van der Waals surface area contributed by atoms with Crippen LogP contribution in [0.2, 0.25) is 0 Å². The molecule has 0 bridgehead atoms. The molecular formula is C21H25N7O2. The van der Waals surface area contributed by atoms with Crippen LogP contribution in [0.1, 0.15) is 32.6 Å². The molecule has 9 heteroatoms. The summed E-state index contributed by atoms with van der Waals surface area (Å²) in [5, 5.41) is 8.15. The van der Waals surface area contributed by atoms with Gasteiger partial charge in [0.2, 0.25) is 17.6 Å². The summed E-state index contributed by atoms with van der Waals surface area (Å²) in [6.45, 7) is 2.83. The van der Waals surface area contributed by atoms with Crippen LogP contribution < -0.4 is 10.1 Å². The van der Waals surface area contributed by atoms with Gasteiger partial charge in [-0.25, -0.2) is 14.5 Å². The molecule has 0 amide bonds. The third kappa shape index (κ3) is 3.45. The first-order valence-corrected chi connectivity index (χ1v) is 10.4. The summed E-state index contributed by atoms with van der Waals surface area (Å²) in [6.07, 6.45) is 13.9. The van der Waals surface area contributed by atoms with Crippen molar-refractivity contribution in [3.8, 4) is 17.0 Å². The highest BCUT2D eigenvalue weighted by Gasteiger charge is 2.23. The topological polar surface area (TPSA) is 90.9 Å². The fraction of sp³-hybridized carbons (Fsp3) is 0.429. The maximum atomic E-state index is 5.75. The van der Waals surface area contributed by atoms with Gasteiger partial charge in [0.1, 0.15) is 5.52 Å². The number of rotatable bonds is 6. The molecule has 1 fully saturated rings. The summed E-state index contributed by atoms with van der Waals surface area (Å²) in [6, 6.07) is 2.34. The number of hydrogen-bond donors (Lipinski definition) is 1. The summed E-state index contributed by atoms with van der Waals surface area (Å²) in [5.41, 5.74) is 2.71. The van der Waals surface area contributed by atoms with Crippen molar-refractivity contribution in [3.05, 3.63) is 37.1 Å². The molecule has 5 rings (SSSR count). The molecule has 4 heterocycles. The van der Waals surface area contributed by atoms with Crippen LogP contribution in [0, 0.1) is 0 Å². The molecule has 1 saturated carbocycles. The van der Waals surface area contributed by atoms with Gasteiger partial charge in [-0.05, 0) is 38.7 Å². The maximum absolute atomic E-state index is 5.75. The van der Waals surface area contributed by atoms with Crippen LogP contribution in [0.15, 0.2) is 37.1 Å². The zero-order valence-electron chi connectivity index (χ0n) is 17.2. The van der Waals surface area contributed by atoms with Crippen molar-refractivity contribution in [2.45, 2.75) is 44.8 Å². The predicted octanol–water partition coefficient (Wildman–Crippen LogP) is 3.21. The van der Waals surface area contributed by atoms with Crippen molar-refractivity contribution in [1.82, 2.24) is 29.0 Å². The SMILES string of the molecule is CCOC1CCC(Nc2nc(OC)c3c(-c4cnc5nccn5c4)ccn3n2)CC1. The van der Waals surface area contributed by atoms with E-state index in [-0.39, 0.29) is 0 Å². The lowest BCUT2D eigenvalue weighted by atomic mass is 9.93. The van der Waals surface area contributed by atoms with Gasteiger partial charge in [-0.3, -0.25) is 4.40 Å². The second kappa shape index (κ2) is 7.91. The zero-order valence-corrected chi connectivity index (χ0v) is 17.2. The number of ether oxygens (including phenoxy) is 2. The first-order chi connectivity index (χ1) is 14.7. The Morgan fingerprint density at radius 3 is 2.83 bits per heavy atom. The number of hydrogen-bond acceptors (Lipinski definition) is 7. The second-order valence-corrected chi connectivity index (χ2v) is 7.52. The number of methoxy groups -OCH3 is 1. The summed E-state index contributed by atoms with van der Waals surface area (Å²) >= 11 is 0. The van der Waals surface area contributed by atoms with Crippen molar-refractivity contribution in [3.63, 3.8) is 0 Å². The first kappa shape index (κ1) is 18.8. The Labute approximate surface area is 174 Å². The molecule has 0 unspecified atom stereocenters. The Morgan fingerprint density at radius 1 is 1.17 bits per heavy atom. The largest absolute Gasteiger partial charge is 0.479 e. The summed E-state index contributed by atoms with van der Waals surface area (Å²) in [4.78, 5) is 13.3. The van der Waals surface area contributed by atoms with E-state index in [2.05, 4.69) is 32.3 Å². The van der Waals surface area contributed by atoms with Crippen LogP contribution in [-0.2, 0) is 4.74 Å². The number of fused-ring (bicyclic) bond motifs is 2. The lowest BCUT2D eigenvalue weighted by molar-refractivity contribution is 0.0346. The van der Waals surface area contributed by atoms with Crippen molar-refractivity contribution < 1.29 is 9.47 Å². The lowest BCUT2D eigenvalue weighted by Crippen LogP contribution is -2.30. The highest BCUT2D eigenvalue weighted by Crippen LogP contribution is 2.31.